The number of para-hydroxylation sites is 1. The Balaban J connectivity index is 1.49. The summed E-state index contributed by atoms with van der Waals surface area (Å²) in [4.78, 5) is 26.4. The first-order valence-corrected chi connectivity index (χ1v) is 9.41. The van der Waals surface area contributed by atoms with Gasteiger partial charge in [-0.3, -0.25) is 4.79 Å². The fraction of sp³-hybridized carbons (Fsp3) is 0.476. The zero-order valence-corrected chi connectivity index (χ0v) is 15.8. The molecule has 0 saturated carbocycles. The summed E-state index contributed by atoms with van der Waals surface area (Å²) in [5.74, 6) is 2.07. The third-order valence-corrected chi connectivity index (χ3v) is 5.33. The molecule has 3 heterocycles. The van der Waals surface area contributed by atoms with Gasteiger partial charge in [0.25, 0.3) is 0 Å². The minimum absolute atomic E-state index is 0.0363. The van der Waals surface area contributed by atoms with E-state index in [4.69, 9.17) is 4.98 Å². The predicted octanol–water partition coefficient (Wildman–Crippen LogP) is 3.19. The maximum absolute atomic E-state index is 13.1. The number of aromatic nitrogens is 2. The highest BCUT2D eigenvalue weighted by Gasteiger charge is 2.35. The number of nitrogens with zero attached hydrogens (tertiary/aromatic N) is 4. The highest BCUT2D eigenvalue weighted by molar-refractivity contribution is 5.97. The normalized spacial score (nSPS) is 19.7. The zero-order chi connectivity index (χ0) is 18.3. The van der Waals surface area contributed by atoms with Crippen molar-refractivity contribution in [1.82, 2.24) is 9.97 Å². The van der Waals surface area contributed by atoms with E-state index in [-0.39, 0.29) is 17.2 Å². The first-order valence-electron chi connectivity index (χ1n) is 9.41. The maximum Gasteiger partial charge on any atom is 0.231 e. The molecule has 5 nitrogen and oxygen atoms in total. The quantitative estimate of drug-likeness (QED) is 0.835. The number of hydrogen-bond acceptors (Lipinski definition) is 4. The molecule has 1 aromatic carbocycles. The van der Waals surface area contributed by atoms with Gasteiger partial charge in [0.15, 0.2) is 0 Å². The van der Waals surface area contributed by atoms with Crippen molar-refractivity contribution in [3.05, 3.63) is 47.9 Å². The fourth-order valence-electron chi connectivity index (χ4n) is 3.84. The topological polar surface area (TPSA) is 49.3 Å². The molecule has 0 N–H and O–H groups in total. The summed E-state index contributed by atoms with van der Waals surface area (Å²) in [6.45, 7) is 8.76. The van der Waals surface area contributed by atoms with E-state index in [0.717, 1.165) is 49.8 Å². The molecule has 1 atom stereocenters. The third kappa shape index (κ3) is 3.06. The number of benzene rings is 1. The predicted molar refractivity (Wildman–Crippen MR) is 104 cm³/mol. The molecule has 0 spiro atoms. The smallest absolute Gasteiger partial charge is 0.231 e. The molecule has 1 unspecified atom stereocenters. The van der Waals surface area contributed by atoms with Crippen LogP contribution in [0.1, 0.15) is 38.6 Å². The van der Waals surface area contributed by atoms with E-state index in [1.54, 1.807) is 0 Å². The summed E-state index contributed by atoms with van der Waals surface area (Å²) in [5, 5.41) is 0. The Morgan fingerprint density at radius 3 is 2.77 bits per heavy atom. The van der Waals surface area contributed by atoms with Crippen LogP contribution in [0.5, 0.6) is 0 Å². The molecule has 4 rings (SSSR count). The maximum atomic E-state index is 13.1. The van der Waals surface area contributed by atoms with E-state index in [1.807, 2.05) is 29.3 Å². The van der Waals surface area contributed by atoms with Crippen LogP contribution in [0.4, 0.5) is 11.5 Å². The average Bonchev–Trinajstić information content (AvgIpc) is 3.28. The first kappa shape index (κ1) is 17.0. The first-order chi connectivity index (χ1) is 12.4. The molecule has 5 heteroatoms. The van der Waals surface area contributed by atoms with E-state index in [0.29, 0.717) is 0 Å². The Labute approximate surface area is 155 Å². The van der Waals surface area contributed by atoms with Gasteiger partial charge in [0.1, 0.15) is 11.6 Å². The van der Waals surface area contributed by atoms with Crippen LogP contribution < -0.4 is 9.80 Å². The molecule has 1 aromatic heterocycles. The van der Waals surface area contributed by atoms with Crippen LogP contribution in [-0.2, 0) is 16.6 Å². The van der Waals surface area contributed by atoms with Crippen LogP contribution in [0.25, 0.3) is 0 Å². The number of amides is 1. The van der Waals surface area contributed by atoms with Gasteiger partial charge >= 0.3 is 0 Å². The lowest BCUT2D eigenvalue weighted by atomic mass is 9.96. The highest BCUT2D eigenvalue weighted by atomic mass is 16.2. The molecular formula is C21H26N4O. The molecule has 0 radical (unpaired) electrons. The molecule has 1 saturated heterocycles. The SMILES string of the molecule is CC(C)(C)c1nccc(N2CCC(C(=O)N3CCc4ccccc43)C2)n1. The van der Waals surface area contributed by atoms with Crippen molar-refractivity contribution in [3.8, 4) is 0 Å². The van der Waals surface area contributed by atoms with E-state index < -0.39 is 0 Å². The van der Waals surface area contributed by atoms with E-state index in [2.05, 4.69) is 42.8 Å². The molecule has 26 heavy (non-hydrogen) atoms. The number of rotatable bonds is 2. The molecular weight excluding hydrogens is 324 g/mol. The van der Waals surface area contributed by atoms with Crippen LogP contribution in [0.2, 0.25) is 0 Å². The van der Waals surface area contributed by atoms with Gasteiger partial charge in [-0.1, -0.05) is 39.0 Å². The number of anilines is 2. The van der Waals surface area contributed by atoms with E-state index in [9.17, 15) is 4.79 Å². The average molecular weight is 350 g/mol. The van der Waals surface area contributed by atoms with E-state index >= 15 is 0 Å². The summed E-state index contributed by atoms with van der Waals surface area (Å²) in [6, 6.07) is 10.2. The Morgan fingerprint density at radius 1 is 1.15 bits per heavy atom. The Hall–Kier alpha value is -2.43. The lowest BCUT2D eigenvalue weighted by Crippen LogP contribution is -2.36. The van der Waals surface area contributed by atoms with Crippen LogP contribution in [0.15, 0.2) is 36.5 Å². The van der Waals surface area contributed by atoms with Gasteiger partial charge < -0.3 is 9.80 Å². The Morgan fingerprint density at radius 2 is 1.96 bits per heavy atom. The lowest BCUT2D eigenvalue weighted by molar-refractivity contribution is -0.121. The minimum atomic E-state index is -0.0792. The summed E-state index contributed by atoms with van der Waals surface area (Å²) in [6.07, 6.45) is 3.67. The van der Waals surface area contributed by atoms with Crippen LogP contribution in [0, 0.1) is 5.92 Å². The van der Waals surface area contributed by atoms with E-state index in [1.165, 1.54) is 5.56 Å². The second kappa shape index (κ2) is 6.38. The van der Waals surface area contributed by atoms with Crippen molar-refractivity contribution in [3.63, 3.8) is 0 Å². The monoisotopic (exact) mass is 350 g/mol. The molecule has 0 bridgehead atoms. The molecule has 2 aliphatic rings. The van der Waals surface area contributed by atoms with Crippen molar-refractivity contribution in [2.45, 2.75) is 39.0 Å². The lowest BCUT2D eigenvalue weighted by Gasteiger charge is -2.23. The number of fused-ring (bicyclic) bond motifs is 1. The summed E-state index contributed by atoms with van der Waals surface area (Å²) < 4.78 is 0. The number of hydrogen-bond donors (Lipinski definition) is 0. The molecule has 136 valence electrons. The summed E-state index contributed by atoms with van der Waals surface area (Å²) in [5.41, 5.74) is 2.29. The Kier molecular flexibility index (Phi) is 4.17. The van der Waals surface area contributed by atoms with Crippen molar-refractivity contribution in [2.75, 3.05) is 29.4 Å². The van der Waals surface area contributed by atoms with Gasteiger partial charge in [-0.2, -0.15) is 0 Å². The summed E-state index contributed by atoms with van der Waals surface area (Å²) in [7, 11) is 0. The van der Waals surface area contributed by atoms with Crippen molar-refractivity contribution >= 4 is 17.4 Å². The van der Waals surface area contributed by atoms with Crippen molar-refractivity contribution < 1.29 is 4.79 Å². The van der Waals surface area contributed by atoms with Gasteiger partial charge in [0, 0.05) is 36.9 Å². The van der Waals surface area contributed by atoms with Crippen molar-refractivity contribution in [1.29, 1.82) is 0 Å². The molecule has 1 fully saturated rings. The largest absolute Gasteiger partial charge is 0.356 e. The zero-order valence-electron chi connectivity index (χ0n) is 15.8. The van der Waals surface area contributed by atoms with Gasteiger partial charge in [0.2, 0.25) is 5.91 Å². The Bertz CT molecular complexity index is 827. The van der Waals surface area contributed by atoms with Crippen LogP contribution >= 0.6 is 0 Å². The van der Waals surface area contributed by atoms with Gasteiger partial charge in [0.05, 0.1) is 5.92 Å². The van der Waals surface area contributed by atoms with Gasteiger partial charge in [-0.15, -0.1) is 0 Å². The minimum Gasteiger partial charge on any atom is -0.356 e. The van der Waals surface area contributed by atoms with Gasteiger partial charge in [-0.05, 0) is 30.5 Å². The molecule has 2 aromatic rings. The second-order valence-electron chi connectivity index (χ2n) is 8.29. The molecule has 0 aliphatic carbocycles. The van der Waals surface area contributed by atoms with Crippen molar-refractivity contribution in [2.24, 2.45) is 5.92 Å². The number of carbonyl (C=O) groups is 1. The second-order valence-corrected chi connectivity index (χ2v) is 8.29. The number of carbonyl (C=O) groups excluding carboxylic acids is 1. The van der Waals surface area contributed by atoms with Crippen LogP contribution in [-0.4, -0.2) is 35.5 Å². The molecule has 1 amide bonds. The summed E-state index contributed by atoms with van der Waals surface area (Å²) >= 11 is 0. The highest BCUT2D eigenvalue weighted by Crippen LogP contribution is 2.32. The standard InChI is InChI=1S/C21H26N4O/c1-21(2,3)20-22-11-8-18(23-20)24-12-9-16(14-24)19(26)25-13-10-15-6-4-5-7-17(15)25/h4-8,11,16H,9-10,12-14H2,1-3H3. The van der Waals surface area contributed by atoms with Gasteiger partial charge in [-0.25, -0.2) is 9.97 Å². The third-order valence-electron chi connectivity index (χ3n) is 5.33. The molecule has 2 aliphatic heterocycles. The van der Waals surface area contributed by atoms with Crippen LogP contribution in [0.3, 0.4) is 0 Å². The fourth-order valence-corrected chi connectivity index (χ4v) is 3.84.